The smallest absolute Gasteiger partial charge is 0.293 e. The van der Waals surface area contributed by atoms with Crippen molar-refractivity contribution in [2.24, 2.45) is 0 Å². The van der Waals surface area contributed by atoms with E-state index in [0.717, 1.165) is 0 Å². The lowest BCUT2D eigenvalue weighted by atomic mass is 10.2. The summed E-state index contributed by atoms with van der Waals surface area (Å²) in [6, 6.07) is 15.5. The van der Waals surface area contributed by atoms with Crippen LogP contribution in [0, 0.1) is 0 Å². The summed E-state index contributed by atoms with van der Waals surface area (Å²) in [7, 11) is 0. The second kappa shape index (κ2) is 9.43. The third kappa shape index (κ3) is 5.19. The van der Waals surface area contributed by atoms with E-state index < -0.39 is 5.91 Å². The molecule has 2 aromatic heterocycles. The molecule has 158 valence electrons. The highest BCUT2D eigenvalue weighted by molar-refractivity contribution is 6.36. The lowest BCUT2D eigenvalue weighted by Crippen LogP contribution is -2.12. The Kier molecular flexibility index (Phi) is 6.46. The molecule has 0 bridgehead atoms. The maximum absolute atomic E-state index is 12.4. The highest BCUT2D eigenvalue weighted by atomic mass is 35.5. The number of nitrogens with zero attached hydrogens (tertiary/aromatic N) is 3. The first-order valence-corrected chi connectivity index (χ1v) is 10.2. The third-order valence-electron chi connectivity index (χ3n) is 4.24. The van der Waals surface area contributed by atoms with Gasteiger partial charge in [-0.1, -0.05) is 53.0 Å². The van der Waals surface area contributed by atoms with Crippen LogP contribution in [0.1, 0.15) is 21.9 Å². The van der Waals surface area contributed by atoms with Crippen molar-refractivity contribution in [2.45, 2.75) is 13.2 Å². The second-order valence-electron chi connectivity index (χ2n) is 6.41. The van der Waals surface area contributed by atoms with Crippen molar-refractivity contribution in [2.75, 3.05) is 5.32 Å². The number of benzene rings is 2. The van der Waals surface area contributed by atoms with Crippen LogP contribution in [0.4, 0.5) is 5.95 Å². The third-order valence-corrected chi connectivity index (χ3v) is 5.26. The molecule has 1 N–H and O–H groups in total. The van der Waals surface area contributed by atoms with Crippen LogP contribution in [-0.4, -0.2) is 20.7 Å². The first kappa shape index (κ1) is 21.2. The topological polar surface area (TPSA) is 82.2 Å². The number of carbonyl (C=O) groups excluding carboxylic acids is 1. The van der Waals surface area contributed by atoms with Crippen LogP contribution in [0.15, 0.2) is 65.3 Å². The number of para-hydroxylation sites is 1. The molecule has 0 aliphatic carbocycles. The van der Waals surface area contributed by atoms with Crippen LogP contribution < -0.4 is 10.1 Å². The average molecular weight is 478 g/mol. The summed E-state index contributed by atoms with van der Waals surface area (Å²) in [5, 5.41) is 8.35. The minimum atomic E-state index is -0.488. The molecule has 31 heavy (non-hydrogen) atoms. The number of aromatic nitrogens is 3. The number of ether oxygens (including phenoxy) is 1. The number of hydrogen-bond acceptors (Lipinski definition) is 5. The van der Waals surface area contributed by atoms with E-state index in [1.807, 2.05) is 12.1 Å². The first-order chi connectivity index (χ1) is 15.0. The van der Waals surface area contributed by atoms with Gasteiger partial charge in [0.1, 0.15) is 24.4 Å². The summed E-state index contributed by atoms with van der Waals surface area (Å²) >= 11 is 18.4. The normalized spacial score (nSPS) is 10.8. The van der Waals surface area contributed by atoms with Crippen molar-refractivity contribution in [3.63, 3.8) is 0 Å². The summed E-state index contributed by atoms with van der Waals surface area (Å²) in [4.78, 5) is 16.5. The number of rotatable bonds is 7. The number of carbonyl (C=O) groups is 1. The fraction of sp³-hybridized carbons (Fsp3) is 0.0952. The predicted molar refractivity (Wildman–Crippen MR) is 118 cm³/mol. The van der Waals surface area contributed by atoms with Gasteiger partial charge in [0.25, 0.3) is 5.91 Å². The van der Waals surface area contributed by atoms with E-state index in [1.165, 1.54) is 11.0 Å². The fourth-order valence-electron chi connectivity index (χ4n) is 2.72. The van der Waals surface area contributed by atoms with Crippen LogP contribution >= 0.6 is 34.8 Å². The monoisotopic (exact) mass is 476 g/mol. The van der Waals surface area contributed by atoms with E-state index >= 15 is 0 Å². The van der Waals surface area contributed by atoms with Gasteiger partial charge in [0.05, 0.1) is 11.6 Å². The molecule has 2 heterocycles. The van der Waals surface area contributed by atoms with Gasteiger partial charge in [-0.15, -0.1) is 5.10 Å². The molecule has 0 atom stereocenters. The van der Waals surface area contributed by atoms with E-state index in [4.69, 9.17) is 44.0 Å². The molecule has 0 unspecified atom stereocenters. The second-order valence-corrected chi connectivity index (χ2v) is 7.63. The van der Waals surface area contributed by atoms with Crippen LogP contribution in [0.2, 0.25) is 15.1 Å². The van der Waals surface area contributed by atoms with Gasteiger partial charge >= 0.3 is 0 Å². The Bertz CT molecular complexity index is 1200. The molecule has 0 spiro atoms. The highest BCUT2D eigenvalue weighted by Gasteiger charge is 2.15. The van der Waals surface area contributed by atoms with Gasteiger partial charge in [-0.3, -0.25) is 10.1 Å². The van der Waals surface area contributed by atoms with Crippen LogP contribution in [0.25, 0.3) is 0 Å². The standard InChI is InChI=1S/C21H15Cl3N4O3/c22-15-5-3-6-16(23)14(15)10-28-12-25-21(27-28)26-20(29)19-9-8-13(31-19)11-30-18-7-2-1-4-17(18)24/h1-9,12H,10-11H2,(H,26,27,29). The van der Waals surface area contributed by atoms with Gasteiger partial charge in [-0.2, -0.15) is 0 Å². The van der Waals surface area contributed by atoms with Crippen molar-refractivity contribution < 1.29 is 13.9 Å². The maximum Gasteiger partial charge on any atom is 0.293 e. The van der Waals surface area contributed by atoms with E-state index in [2.05, 4.69) is 15.4 Å². The Morgan fingerprint density at radius 3 is 2.52 bits per heavy atom. The summed E-state index contributed by atoms with van der Waals surface area (Å²) < 4.78 is 12.7. The van der Waals surface area contributed by atoms with Crippen molar-refractivity contribution in [1.29, 1.82) is 0 Å². The molecule has 0 fully saturated rings. The van der Waals surface area contributed by atoms with Crippen molar-refractivity contribution >= 4 is 46.7 Å². The Labute approximate surface area is 192 Å². The molecule has 1 amide bonds. The molecule has 0 aliphatic heterocycles. The Balaban J connectivity index is 1.36. The number of furan rings is 1. The first-order valence-electron chi connectivity index (χ1n) is 9.09. The van der Waals surface area contributed by atoms with Gasteiger partial charge in [0.15, 0.2) is 5.76 Å². The van der Waals surface area contributed by atoms with E-state index in [9.17, 15) is 4.79 Å². The molecule has 0 saturated carbocycles. The van der Waals surface area contributed by atoms with Gasteiger partial charge in [-0.25, -0.2) is 9.67 Å². The molecule has 0 aliphatic rings. The average Bonchev–Trinajstić information content (AvgIpc) is 3.40. The Morgan fingerprint density at radius 2 is 1.74 bits per heavy atom. The largest absolute Gasteiger partial charge is 0.484 e. The van der Waals surface area contributed by atoms with Gasteiger partial charge < -0.3 is 9.15 Å². The maximum atomic E-state index is 12.4. The zero-order valence-electron chi connectivity index (χ0n) is 15.9. The number of hydrogen-bond donors (Lipinski definition) is 1. The van der Waals surface area contributed by atoms with Crippen molar-refractivity contribution in [1.82, 2.24) is 14.8 Å². The fourth-order valence-corrected chi connectivity index (χ4v) is 3.43. The Morgan fingerprint density at radius 1 is 1.00 bits per heavy atom. The number of halogens is 3. The number of nitrogens with one attached hydrogen (secondary N) is 1. The van der Waals surface area contributed by atoms with Crippen LogP contribution in [0.5, 0.6) is 5.75 Å². The van der Waals surface area contributed by atoms with Crippen LogP contribution in [-0.2, 0) is 13.2 Å². The van der Waals surface area contributed by atoms with E-state index in [0.29, 0.717) is 38.7 Å². The number of anilines is 1. The molecule has 4 rings (SSSR count). The SMILES string of the molecule is O=C(Nc1ncn(Cc2c(Cl)cccc2Cl)n1)c1ccc(COc2ccccc2Cl)o1. The molecule has 4 aromatic rings. The summed E-state index contributed by atoms with van der Waals surface area (Å²) in [5.41, 5.74) is 0.711. The minimum Gasteiger partial charge on any atom is -0.484 e. The van der Waals surface area contributed by atoms with E-state index in [-0.39, 0.29) is 18.3 Å². The highest BCUT2D eigenvalue weighted by Crippen LogP contribution is 2.26. The molecular formula is C21H15Cl3N4O3. The van der Waals surface area contributed by atoms with E-state index in [1.54, 1.807) is 42.5 Å². The molecule has 2 aromatic carbocycles. The molecule has 7 nitrogen and oxygen atoms in total. The lowest BCUT2D eigenvalue weighted by Gasteiger charge is -2.06. The molecule has 10 heteroatoms. The number of amides is 1. The summed E-state index contributed by atoms with van der Waals surface area (Å²) in [6.45, 7) is 0.439. The van der Waals surface area contributed by atoms with Gasteiger partial charge in [0.2, 0.25) is 5.95 Å². The molecule has 0 radical (unpaired) electrons. The Hall–Kier alpha value is -3.00. The minimum absolute atomic E-state index is 0.100. The predicted octanol–water partition coefficient (Wildman–Crippen LogP) is 5.71. The zero-order chi connectivity index (χ0) is 21.8. The zero-order valence-corrected chi connectivity index (χ0v) is 18.2. The molecule has 0 saturated heterocycles. The molecular weight excluding hydrogens is 463 g/mol. The van der Waals surface area contributed by atoms with Gasteiger partial charge in [-0.05, 0) is 36.4 Å². The van der Waals surface area contributed by atoms with Crippen LogP contribution in [0.3, 0.4) is 0 Å². The lowest BCUT2D eigenvalue weighted by molar-refractivity contribution is 0.0991. The van der Waals surface area contributed by atoms with Gasteiger partial charge in [0, 0.05) is 15.6 Å². The summed E-state index contributed by atoms with van der Waals surface area (Å²) in [5.74, 6) is 0.732. The quantitative estimate of drug-likeness (QED) is 0.368. The van der Waals surface area contributed by atoms with Crippen molar-refractivity contribution in [3.05, 3.63) is 93.1 Å². The van der Waals surface area contributed by atoms with Crippen molar-refractivity contribution in [3.8, 4) is 5.75 Å². The summed E-state index contributed by atoms with van der Waals surface area (Å²) in [6.07, 6.45) is 1.47.